The minimum absolute atomic E-state index is 0.000743. The largest absolute Gasteiger partial charge is 0.352 e. The molecule has 0 bridgehead atoms. The van der Waals surface area contributed by atoms with Crippen LogP contribution in [0.1, 0.15) is 47.0 Å². The van der Waals surface area contributed by atoms with Gasteiger partial charge in [0.1, 0.15) is 6.42 Å². The van der Waals surface area contributed by atoms with Gasteiger partial charge >= 0.3 is 0 Å². The Labute approximate surface area is 127 Å². The van der Waals surface area contributed by atoms with Crippen molar-refractivity contribution in [3.63, 3.8) is 0 Å². The van der Waals surface area contributed by atoms with Crippen LogP contribution in [0.2, 0.25) is 0 Å². The molecule has 0 saturated carbocycles. The number of carbonyl (C=O) groups is 2. The highest BCUT2D eigenvalue weighted by Gasteiger charge is 2.23. The van der Waals surface area contributed by atoms with Crippen molar-refractivity contribution < 1.29 is 9.59 Å². The summed E-state index contributed by atoms with van der Waals surface area (Å²) in [5.41, 5.74) is 1.07. The molecule has 0 aromatic heterocycles. The molecule has 0 aromatic rings. The van der Waals surface area contributed by atoms with Crippen molar-refractivity contribution in [2.45, 2.75) is 53.0 Å². The normalized spacial score (nSPS) is 17.3. The predicted octanol–water partition coefficient (Wildman–Crippen LogP) is 2.00. The van der Waals surface area contributed by atoms with Crippen LogP contribution < -0.4 is 5.32 Å². The monoisotopic (exact) mass is 291 g/mol. The van der Waals surface area contributed by atoms with Crippen molar-refractivity contribution in [3.8, 4) is 6.07 Å². The highest BCUT2D eigenvalue weighted by atomic mass is 16.2. The topological polar surface area (TPSA) is 73.2 Å². The van der Waals surface area contributed by atoms with Crippen LogP contribution in [-0.4, -0.2) is 35.8 Å². The van der Waals surface area contributed by atoms with Crippen molar-refractivity contribution in [1.29, 1.82) is 5.26 Å². The van der Waals surface area contributed by atoms with Gasteiger partial charge in [-0.2, -0.15) is 5.26 Å². The highest BCUT2D eigenvalue weighted by Crippen LogP contribution is 2.24. The summed E-state index contributed by atoms with van der Waals surface area (Å²) < 4.78 is 0. The molecule has 1 aliphatic rings. The van der Waals surface area contributed by atoms with Gasteiger partial charge in [-0.05, 0) is 25.2 Å². The molecule has 1 aliphatic heterocycles. The van der Waals surface area contributed by atoms with Crippen molar-refractivity contribution >= 4 is 11.8 Å². The molecular weight excluding hydrogens is 266 g/mol. The van der Waals surface area contributed by atoms with Gasteiger partial charge in [-0.15, -0.1) is 0 Å². The van der Waals surface area contributed by atoms with E-state index in [2.05, 4.69) is 26.1 Å². The van der Waals surface area contributed by atoms with E-state index in [1.54, 1.807) is 6.08 Å². The van der Waals surface area contributed by atoms with Crippen molar-refractivity contribution in [2.24, 2.45) is 5.41 Å². The van der Waals surface area contributed by atoms with Crippen molar-refractivity contribution in [3.05, 3.63) is 11.6 Å². The van der Waals surface area contributed by atoms with Gasteiger partial charge in [-0.1, -0.05) is 26.3 Å². The number of nitriles is 1. The summed E-state index contributed by atoms with van der Waals surface area (Å²) >= 11 is 0. The highest BCUT2D eigenvalue weighted by molar-refractivity contribution is 5.88. The third kappa shape index (κ3) is 5.58. The molecule has 1 rings (SSSR count). The molecule has 1 saturated heterocycles. The van der Waals surface area contributed by atoms with Gasteiger partial charge in [0.05, 0.1) is 6.07 Å². The third-order valence-electron chi connectivity index (χ3n) is 3.93. The zero-order valence-corrected chi connectivity index (χ0v) is 13.4. The number of nitrogens with one attached hydrogen (secondary N) is 1. The fraction of sp³-hybridized carbons (Fsp3) is 0.688. The van der Waals surface area contributed by atoms with Crippen molar-refractivity contribution in [2.75, 3.05) is 13.1 Å². The van der Waals surface area contributed by atoms with E-state index in [1.807, 2.05) is 17.9 Å². The first-order valence-electron chi connectivity index (χ1n) is 7.38. The number of hydrogen-bond donors (Lipinski definition) is 1. The quantitative estimate of drug-likeness (QED) is 0.808. The average Bonchev–Trinajstić information content (AvgIpc) is 2.38. The van der Waals surface area contributed by atoms with Crippen LogP contribution in [0.3, 0.4) is 0 Å². The Bertz CT molecular complexity index is 461. The summed E-state index contributed by atoms with van der Waals surface area (Å²) in [6.07, 6.45) is 3.10. The molecule has 1 fully saturated rings. The maximum atomic E-state index is 12.2. The van der Waals surface area contributed by atoms with E-state index in [-0.39, 0.29) is 29.7 Å². The number of nitrogens with zero attached hydrogens (tertiary/aromatic N) is 2. The van der Waals surface area contributed by atoms with Crippen LogP contribution in [0.4, 0.5) is 0 Å². The Morgan fingerprint density at radius 3 is 2.38 bits per heavy atom. The molecule has 0 aliphatic carbocycles. The van der Waals surface area contributed by atoms with Crippen molar-refractivity contribution in [1.82, 2.24) is 10.2 Å². The fourth-order valence-corrected chi connectivity index (χ4v) is 2.09. The fourth-order valence-electron chi connectivity index (χ4n) is 2.09. The lowest BCUT2D eigenvalue weighted by molar-refractivity contribution is -0.127. The predicted molar refractivity (Wildman–Crippen MR) is 81.2 cm³/mol. The Hall–Kier alpha value is -1.83. The van der Waals surface area contributed by atoms with E-state index in [0.717, 1.165) is 18.4 Å². The molecule has 0 unspecified atom stereocenters. The third-order valence-corrected chi connectivity index (χ3v) is 3.93. The number of likely N-dealkylation sites (tertiary alicyclic amines) is 1. The lowest BCUT2D eigenvalue weighted by Crippen LogP contribution is -2.46. The average molecular weight is 291 g/mol. The molecule has 5 nitrogen and oxygen atoms in total. The van der Waals surface area contributed by atoms with Crippen LogP contribution in [0.15, 0.2) is 11.6 Å². The van der Waals surface area contributed by atoms with Gasteiger partial charge in [-0.3, -0.25) is 9.59 Å². The second-order valence-electron chi connectivity index (χ2n) is 6.58. The molecule has 0 radical (unpaired) electrons. The number of rotatable bonds is 3. The number of piperidine rings is 1. The molecule has 116 valence electrons. The lowest BCUT2D eigenvalue weighted by atomic mass is 9.87. The second kappa shape index (κ2) is 7.26. The Morgan fingerprint density at radius 1 is 1.33 bits per heavy atom. The molecule has 2 amide bonds. The van der Waals surface area contributed by atoms with Crippen LogP contribution >= 0.6 is 0 Å². The minimum atomic E-state index is -0.231. The molecule has 0 atom stereocenters. The first-order valence-corrected chi connectivity index (χ1v) is 7.38. The minimum Gasteiger partial charge on any atom is -0.352 e. The Balaban J connectivity index is 2.48. The number of hydrogen-bond acceptors (Lipinski definition) is 3. The SMILES string of the molecule is C/C(=C\C(=O)N1CCC(NC(=O)CC#N)CC1)C(C)(C)C. The summed E-state index contributed by atoms with van der Waals surface area (Å²) in [5.74, 6) is -0.185. The first-order chi connectivity index (χ1) is 9.74. The molecule has 0 spiro atoms. The van der Waals surface area contributed by atoms with Crippen LogP contribution in [0.5, 0.6) is 0 Å². The molecule has 1 N–H and O–H groups in total. The van der Waals surface area contributed by atoms with Crippen LogP contribution in [-0.2, 0) is 9.59 Å². The first kappa shape index (κ1) is 17.2. The number of allylic oxidation sites excluding steroid dienone is 1. The molecule has 0 aromatic carbocycles. The van der Waals surface area contributed by atoms with Gasteiger partial charge in [0.15, 0.2) is 0 Å². The molecule has 1 heterocycles. The van der Waals surface area contributed by atoms with Gasteiger partial charge in [0, 0.05) is 25.2 Å². The van der Waals surface area contributed by atoms with Gasteiger partial charge in [0.25, 0.3) is 0 Å². The number of carbonyl (C=O) groups excluding carboxylic acids is 2. The van der Waals surface area contributed by atoms with E-state index in [1.165, 1.54) is 0 Å². The van der Waals surface area contributed by atoms with Crippen LogP contribution in [0, 0.1) is 16.7 Å². The van der Waals surface area contributed by atoms with Gasteiger partial charge in [-0.25, -0.2) is 0 Å². The summed E-state index contributed by atoms with van der Waals surface area (Å²) in [6.45, 7) is 9.52. The summed E-state index contributed by atoms with van der Waals surface area (Å²) in [6, 6.07) is 1.91. The maximum Gasteiger partial charge on any atom is 0.246 e. The van der Waals surface area contributed by atoms with E-state index < -0.39 is 0 Å². The smallest absolute Gasteiger partial charge is 0.246 e. The van der Waals surface area contributed by atoms with Crippen LogP contribution in [0.25, 0.3) is 0 Å². The number of amides is 2. The lowest BCUT2D eigenvalue weighted by Gasteiger charge is -2.32. The maximum absolute atomic E-state index is 12.2. The standard InChI is InChI=1S/C16H25N3O2/c1-12(16(2,3)4)11-15(21)19-9-6-13(7-10-19)18-14(20)5-8-17/h11,13H,5-7,9-10H2,1-4H3,(H,18,20)/b12-11+. The van der Waals surface area contributed by atoms with Gasteiger partial charge < -0.3 is 10.2 Å². The summed E-state index contributed by atoms with van der Waals surface area (Å²) in [4.78, 5) is 25.4. The second-order valence-corrected chi connectivity index (χ2v) is 6.58. The molecule has 21 heavy (non-hydrogen) atoms. The van der Waals surface area contributed by atoms with E-state index >= 15 is 0 Å². The van der Waals surface area contributed by atoms with E-state index in [4.69, 9.17) is 5.26 Å². The molecular formula is C16H25N3O2. The zero-order valence-electron chi connectivity index (χ0n) is 13.4. The molecule has 5 heteroatoms. The van der Waals surface area contributed by atoms with E-state index in [9.17, 15) is 9.59 Å². The van der Waals surface area contributed by atoms with Gasteiger partial charge in [0.2, 0.25) is 11.8 Å². The Morgan fingerprint density at radius 2 is 1.90 bits per heavy atom. The summed E-state index contributed by atoms with van der Waals surface area (Å²) in [7, 11) is 0. The summed E-state index contributed by atoms with van der Waals surface area (Å²) in [5, 5.41) is 11.3. The van der Waals surface area contributed by atoms with E-state index in [0.29, 0.717) is 13.1 Å². The zero-order chi connectivity index (χ0) is 16.0. The Kier molecular flexibility index (Phi) is 5.95.